The van der Waals surface area contributed by atoms with Gasteiger partial charge in [0.15, 0.2) is 0 Å². The molecule has 0 saturated heterocycles. The van der Waals surface area contributed by atoms with Crippen LogP contribution in [0, 0.1) is 5.82 Å². The van der Waals surface area contributed by atoms with Crippen LogP contribution >= 0.6 is 27.5 Å². The van der Waals surface area contributed by atoms with Crippen molar-refractivity contribution in [3.05, 3.63) is 46.0 Å². The van der Waals surface area contributed by atoms with Gasteiger partial charge in [-0.15, -0.1) is 0 Å². The Kier molecular flexibility index (Phi) is 3.36. The largest absolute Gasteiger partial charge is 0.339 e. The lowest BCUT2D eigenvalue weighted by Gasteiger charge is -2.06. The van der Waals surface area contributed by atoms with Crippen LogP contribution in [0.15, 0.2) is 34.9 Å². The number of benzene rings is 1. The molecule has 0 unspecified atom stereocenters. The maximum Gasteiger partial charge on any atom is 0.224 e. The number of anilines is 2. The van der Waals surface area contributed by atoms with E-state index in [-0.39, 0.29) is 11.1 Å². The van der Waals surface area contributed by atoms with Crippen LogP contribution in [0.3, 0.4) is 0 Å². The number of nitrogens with zero attached hydrogens (tertiary/aromatic N) is 2. The van der Waals surface area contributed by atoms with Crippen LogP contribution in [0.2, 0.25) is 5.28 Å². The summed E-state index contributed by atoms with van der Waals surface area (Å²) in [5.74, 6) is 0.247. The second kappa shape index (κ2) is 4.76. The molecular weight excluding hydrogens is 296 g/mol. The van der Waals surface area contributed by atoms with E-state index in [1.807, 2.05) is 0 Å². The van der Waals surface area contributed by atoms with Crippen LogP contribution in [0.4, 0.5) is 15.9 Å². The lowest BCUT2D eigenvalue weighted by Crippen LogP contribution is -1.96. The molecule has 0 radical (unpaired) electrons. The van der Waals surface area contributed by atoms with Gasteiger partial charge in [-0.3, -0.25) is 0 Å². The molecule has 1 aromatic heterocycles. The van der Waals surface area contributed by atoms with Gasteiger partial charge in [-0.1, -0.05) is 0 Å². The Labute approximate surface area is 105 Å². The molecule has 16 heavy (non-hydrogen) atoms. The van der Waals surface area contributed by atoms with Crippen molar-refractivity contribution >= 4 is 39.0 Å². The van der Waals surface area contributed by atoms with Gasteiger partial charge in [0, 0.05) is 11.9 Å². The molecule has 0 spiro atoms. The van der Waals surface area contributed by atoms with E-state index in [0.717, 1.165) is 5.69 Å². The van der Waals surface area contributed by atoms with Crippen molar-refractivity contribution in [3.63, 3.8) is 0 Å². The fourth-order valence-electron chi connectivity index (χ4n) is 1.10. The standard InChI is InChI=1S/C10H6BrClFN3/c11-8-5-14-10(12)16-9(8)15-7-3-1-6(13)2-4-7/h1-5H,(H,14,15,16). The van der Waals surface area contributed by atoms with Crippen LogP contribution in [-0.2, 0) is 0 Å². The molecule has 0 aliphatic carbocycles. The fraction of sp³-hybridized carbons (Fsp3) is 0. The second-order valence-electron chi connectivity index (χ2n) is 2.97. The number of hydrogen-bond acceptors (Lipinski definition) is 3. The van der Waals surface area contributed by atoms with Crippen molar-refractivity contribution in [1.82, 2.24) is 9.97 Å². The smallest absolute Gasteiger partial charge is 0.224 e. The summed E-state index contributed by atoms with van der Waals surface area (Å²) in [7, 11) is 0. The lowest BCUT2D eigenvalue weighted by molar-refractivity contribution is 0.628. The van der Waals surface area contributed by atoms with Gasteiger partial charge in [-0.05, 0) is 51.8 Å². The van der Waals surface area contributed by atoms with E-state index in [2.05, 4.69) is 31.2 Å². The number of rotatable bonds is 2. The summed E-state index contributed by atoms with van der Waals surface area (Å²) in [6.45, 7) is 0. The Bertz CT molecular complexity index is 504. The molecule has 0 amide bonds. The van der Waals surface area contributed by atoms with Gasteiger partial charge in [-0.25, -0.2) is 9.37 Å². The topological polar surface area (TPSA) is 37.8 Å². The first-order valence-corrected chi connectivity index (χ1v) is 5.53. The van der Waals surface area contributed by atoms with E-state index in [4.69, 9.17) is 11.6 Å². The maximum atomic E-state index is 12.7. The molecule has 2 rings (SSSR count). The highest BCUT2D eigenvalue weighted by Crippen LogP contribution is 2.24. The summed E-state index contributed by atoms with van der Waals surface area (Å²) in [5.41, 5.74) is 0.719. The van der Waals surface area contributed by atoms with Crippen LogP contribution in [0.1, 0.15) is 0 Å². The summed E-state index contributed by atoms with van der Waals surface area (Å²) in [6.07, 6.45) is 1.54. The van der Waals surface area contributed by atoms with Crippen molar-refractivity contribution < 1.29 is 4.39 Å². The molecular formula is C10H6BrClFN3. The van der Waals surface area contributed by atoms with Crippen LogP contribution in [0.5, 0.6) is 0 Å². The highest BCUT2D eigenvalue weighted by atomic mass is 79.9. The molecule has 1 heterocycles. The summed E-state index contributed by atoms with van der Waals surface area (Å²) >= 11 is 8.95. The first kappa shape index (κ1) is 11.3. The summed E-state index contributed by atoms with van der Waals surface area (Å²) in [5, 5.41) is 3.14. The highest BCUT2D eigenvalue weighted by molar-refractivity contribution is 9.10. The van der Waals surface area contributed by atoms with Gasteiger partial charge in [0.1, 0.15) is 11.6 Å². The molecule has 0 atom stereocenters. The molecule has 3 nitrogen and oxygen atoms in total. The Balaban J connectivity index is 2.26. The third-order valence-corrected chi connectivity index (χ3v) is 2.58. The molecule has 6 heteroatoms. The zero-order valence-electron chi connectivity index (χ0n) is 7.92. The molecule has 0 aliphatic rings. The number of nitrogens with one attached hydrogen (secondary N) is 1. The average molecular weight is 303 g/mol. The zero-order valence-corrected chi connectivity index (χ0v) is 10.3. The highest BCUT2D eigenvalue weighted by Gasteiger charge is 2.04. The second-order valence-corrected chi connectivity index (χ2v) is 4.16. The SMILES string of the molecule is Fc1ccc(Nc2nc(Cl)ncc2Br)cc1. The minimum atomic E-state index is -0.287. The van der Waals surface area contributed by atoms with Gasteiger partial charge in [0.25, 0.3) is 0 Å². The Morgan fingerprint density at radius 2 is 1.94 bits per heavy atom. The van der Waals surface area contributed by atoms with Gasteiger partial charge in [-0.2, -0.15) is 4.98 Å². The van der Waals surface area contributed by atoms with Crippen molar-refractivity contribution in [2.24, 2.45) is 0 Å². The summed E-state index contributed by atoms with van der Waals surface area (Å²) in [4.78, 5) is 7.80. The molecule has 0 fully saturated rings. The predicted molar refractivity (Wildman–Crippen MR) is 64.4 cm³/mol. The predicted octanol–water partition coefficient (Wildman–Crippen LogP) is 3.78. The maximum absolute atomic E-state index is 12.7. The number of aromatic nitrogens is 2. The van der Waals surface area contributed by atoms with Crippen molar-refractivity contribution in [2.45, 2.75) is 0 Å². The third kappa shape index (κ3) is 2.68. The zero-order chi connectivity index (χ0) is 11.5. The monoisotopic (exact) mass is 301 g/mol. The molecule has 0 bridgehead atoms. The van der Waals surface area contributed by atoms with E-state index in [9.17, 15) is 4.39 Å². The summed E-state index contributed by atoms with van der Waals surface area (Å²) < 4.78 is 13.4. The van der Waals surface area contributed by atoms with Crippen molar-refractivity contribution in [2.75, 3.05) is 5.32 Å². The van der Waals surface area contributed by atoms with Gasteiger partial charge >= 0.3 is 0 Å². The minimum Gasteiger partial charge on any atom is -0.339 e. The quantitative estimate of drug-likeness (QED) is 0.858. The molecule has 0 saturated carbocycles. The van der Waals surface area contributed by atoms with Crippen LogP contribution < -0.4 is 5.32 Å². The van der Waals surface area contributed by atoms with Crippen molar-refractivity contribution in [3.8, 4) is 0 Å². The van der Waals surface area contributed by atoms with E-state index < -0.39 is 0 Å². The lowest BCUT2D eigenvalue weighted by atomic mass is 10.3. The van der Waals surface area contributed by atoms with E-state index in [0.29, 0.717) is 10.3 Å². The number of halogens is 3. The Morgan fingerprint density at radius 1 is 1.25 bits per heavy atom. The Hall–Kier alpha value is -1.20. The van der Waals surface area contributed by atoms with Gasteiger partial charge in [0.2, 0.25) is 5.28 Å². The Morgan fingerprint density at radius 3 is 2.62 bits per heavy atom. The molecule has 1 N–H and O–H groups in total. The first-order valence-electron chi connectivity index (χ1n) is 4.36. The van der Waals surface area contributed by atoms with E-state index >= 15 is 0 Å². The molecule has 2 aromatic rings. The number of hydrogen-bond donors (Lipinski definition) is 1. The molecule has 0 aliphatic heterocycles. The van der Waals surface area contributed by atoms with Crippen molar-refractivity contribution in [1.29, 1.82) is 0 Å². The molecule has 1 aromatic carbocycles. The first-order chi connectivity index (χ1) is 7.65. The molecule has 82 valence electrons. The van der Waals surface area contributed by atoms with Gasteiger partial charge in [0.05, 0.1) is 4.47 Å². The minimum absolute atomic E-state index is 0.146. The van der Waals surface area contributed by atoms with E-state index in [1.165, 1.54) is 12.1 Å². The third-order valence-electron chi connectivity index (χ3n) is 1.82. The van der Waals surface area contributed by atoms with Crippen LogP contribution in [-0.4, -0.2) is 9.97 Å². The van der Waals surface area contributed by atoms with E-state index in [1.54, 1.807) is 18.3 Å². The average Bonchev–Trinajstić information content (AvgIpc) is 2.27. The fourth-order valence-corrected chi connectivity index (χ4v) is 1.53. The normalized spacial score (nSPS) is 10.2. The van der Waals surface area contributed by atoms with Gasteiger partial charge < -0.3 is 5.32 Å². The van der Waals surface area contributed by atoms with Crippen LogP contribution in [0.25, 0.3) is 0 Å². The summed E-state index contributed by atoms with van der Waals surface area (Å²) in [6, 6.07) is 5.94.